The molecule has 2 heterocycles. The smallest absolute Gasteiger partial charge is 0.254 e. The third kappa shape index (κ3) is 5.47. The van der Waals surface area contributed by atoms with Crippen LogP contribution in [0.15, 0.2) is 97.1 Å². The van der Waals surface area contributed by atoms with Crippen molar-refractivity contribution in [2.45, 2.75) is 6.54 Å². The standard InChI is InChI=1S/C32H28FN5O3/c33-23-11-13-24(14-12-23)36-16-18-37(19-17-36)32(40)22-10-15-28-27(20-22)35-31(38(28)21-30(34)39)26-8-4-5-9-29(26)41-25-6-2-1-3-7-25/h1-15,20H,16-19,21H2,(H2,34,39). The summed E-state index contributed by atoms with van der Waals surface area (Å²) in [5, 5.41) is 0. The minimum atomic E-state index is -0.508. The number of fused-ring (bicyclic) bond motifs is 1. The lowest BCUT2D eigenvalue weighted by Gasteiger charge is -2.36. The normalized spacial score (nSPS) is 13.4. The number of carbonyl (C=O) groups excluding carboxylic acids is 2. The van der Waals surface area contributed by atoms with Gasteiger partial charge in [0.1, 0.15) is 29.7 Å². The van der Waals surface area contributed by atoms with E-state index < -0.39 is 5.91 Å². The van der Waals surface area contributed by atoms with Gasteiger partial charge in [0, 0.05) is 37.4 Å². The summed E-state index contributed by atoms with van der Waals surface area (Å²) >= 11 is 0. The lowest BCUT2D eigenvalue weighted by molar-refractivity contribution is -0.118. The second-order valence-electron chi connectivity index (χ2n) is 9.86. The van der Waals surface area contributed by atoms with Crippen LogP contribution in [0.2, 0.25) is 0 Å². The first kappa shape index (κ1) is 26.1. The molecule has 1 fully saturated rings. The molecule has 1 saturated heterocycles. The second kappa shape index (κ2) is 11.1. The number of carbonyl (C=O) groups is 2. The number of piperazine rings is 1. The van der Waals surface area contributed by atoms with Crippen molar-refractivity contribution in [1.82, 2.24) is 14.5 Å². The number of benzene rings is 4. The average molecular weight is 550 g/mol. The molecule has 4 aromatic carbocycles. The number of hydrogen-bond acceptors (Lipinski definition) is 5. The quantitative estimate of drug-likeness (QED) is 0.306. The van der Waals surface area contributed by atoms with Crippen LogP contribution < -0.4 is 15.4 Å². The number of rotatable bonds is 7. The van der Waals surface area contributed by atoms with E-state index in [4.69, 9.17) is 15.5 Å². The molecule has 0 aliphatic carbocycles. The van der Waals surface area contributed by atoms with Gasteiger partial charge in [-0.3, -0.25) is 9.59 Å². The molecule has 9 heteroatoms. The number of ether oxygens (including phenoxy) is 1. The molecule has 2 N–H and O–H groups in total. The third-order valence-corrected chi connectivity index (χ3v) is 7.17. The average Bonchev–Trinajstić information content (AvgIpc) is 3.34. The summed E-state index contributed by atoms with van der Waals surface area (Å²) in [5.41, 5.74) is 9.02. The predicted molar refractivity (Wildman–Crippen MR) is 155 cm³/mol. The van der Waals surface area contributed by atoms with Crippen molar-refractivity contribution in [3.8, 4) is 22.9 Å². The van der Waals surface area contributed by atoms with Crippen molar-refractivity contribution in [2.75, 3.05) is 31.1 Å². The highest BCUT2D eigenvalue weighted by Crippen LogP contribution is 2.35. The fraction of sp³-hybridized carbons (Fsp3) is 0.156. The summed E-state index contributed by atoms with van der Waals surface area (Å²) in [7, 11) is 0. The number of halogens is 1. The number of nitrogens with zero attached hydrogens (tertiary/aromatic N) is 4. The van der Waals surface area contributed by atoms with Gasteiger partial charge in [-0.25, -0.2) is 9.37 Å². The van der Waals surface area contributed by atoms with Crippen LogP contribution in [0.3, 0.4) is 0 Å². The Labute approximate surface area is 236 Å². The van der Waals surface area contributed by atoms with Crippen LogP contribution in [0.25, 0.3) is 22.4 Å². The van der Waals surface area contributed by atoms with Crippen molar-refractivity contribution in [2.24, 2.45) is 5.73 Å². The predicted octanol–water partition coefficient (Wildman–Crippen LogP) is 5.08. The van der Waals surface area contributed by atoms with Crippen molar-refractivity contribution >= 4 is 28.5 Å². The minimum absolute atomic E-state index is 0.0792. The van der Waals surface area contributed by atoms with E-state index in [0.29, 0.717) is 65.7 Å². The number of para-hydroxylation sites is 2. The molecular formula is C32H28FN5O3. The van der Waals surface area contributed by atoms with Crippen molar-refractivity contribution in [3.05, 3.63) is 108 Å². The van der Waals surface area contributed by atoms with Gasteiger partial charge < -0.3 is 24.8 Å². The topological polar surface area (TPSA) is 93.7 Å². The zero-order valence-corrected chi connectivity index (χ0v) is 22.2. The number of amides is 2. The highest BCUT2D eigenvalue weighted by Gasteiger charge is 2.24. The number of anilines is 1. The van der Waals surface area contributed by atoms with E-state index in [0.717, 1.165) is 5.69 Å². The number of primary amides is 1. The molecule has 2 amide bonds. The summed E-state index contributed by atoms with van der Waals surface area (Å²) in [6.45, 7) is 2.30. The Morgan fingerprint density at radius 1 is 0.854 bits per heavy atom. The monoisotopic (exact) mass is 549 g/mol. The van der Waals surface area contributed by atoms with E-state index in [9.17, 15) is 14.0 Å². The van der Waals surface area contributed by atoms with Gasteiger partial charge in [0.15, 0.2) is 0 Å². The molecule has 1 aliphatic rings. The Kier molecular flexibility index (Phi) is 7.08. The fourth-order valence-electron chi connectivity index (χ4n) is 5.14. The van der Waals surface area contributed by atoms with E-state index >= 15 is 0 Å². The zero-order chi connectivity index (χ0) is 28.3. The van der Waals surface area contributed by atoms with Crippen molar-refractivity contribution < 1.29 is 18.7 Å². The molecule has 1 aromatic heterocycles. The van der Waals surface area contributed by atoms with Gasteiger partial charge >= 0.3 is 0 Å². The van der Waals surface area contributed by atoms with Crippen molar-refractivity contribution in [1.29, 1.82) is 0 Å². The molecule has 0 spiro atoms. The molecule has 8 nitrogen and oxygen atoms in total. The van der Waals surface area contributed by atoms with Crippen LogP contribution in [-0.2, 0) is 11.3 Å². The van der Waals surface area contributed by atoms with Crippen LogP contribution in [-0.4, -0.2) is 52.4 Å². The third-order valence-electron chi connectivity index (χ3n) is 7.17. The summed E-state index contributed by atoms with van der Waals surface area (Å²) in [6, 6.07) is 28.6. The summed E-state index contributed by atoms with van der Waals surface area (Å²) in [4.78, 5) is 34.3. The Bertz CT molecular complexity index is 1710. The Morgan fingerprint density at radius 3 is 2.29 bits per heavy atom. The van der Waals surface area contributed by atoms with E-state index in [2.05, 4.69) is 4.90 Å². The summed E-state index contributed by atoms with van der Waals surface area (Å²) in [5.74, 6) is 0.894. The number of nitrogens with two attached hydrogens (primary N) is 1. The van der Waals surface area contributed by atoms with Gasteiger partial charge in [-0.05, 0) is 66.7 Å². The molecule has 0 bridgehead atoms. The Balaban J connectivity index is 1.29. The van der Waals surface area contributed by atoms with Gasteiger partial charge in [-0.15, -0.1) is 0 Å². The highest BCUT2D eigenvalue weighted by molar-refractivity contribution is 5.98. The molecule has 0 atom stereocenters. The second-order valence-corrected chi connectivity index (χ2v) is 9.86. The van der Waals surface area contributed by atoms with E-state index in [1.807, 2.05) is 59.5 Å². The summed E-state index contributed by atoms with van der Waals surface area (Å²) in [6.07, 6.45) is 0. The first-order valence-corrected chi connectivity index (χ1v) is 13.4. The number of hydrogen-bond donors (Lipinski definition) is 1. The maximum atomic E-state index is 13.5. The van der Waals surface area contributed by atoms with E-state index in [1.165, 1.54) is 12.1 Å². The number of aromatic nitrogens is 2. The largest absolute Gasteiger partial charge is 0.457 e. The van der Waals surface area contributed by atoms with Gasteiger partial charge in [-0.2, -0.15) is 0 Å². The van der Waals surface area contributed by atoms with Gasteiger partial charge in [0.05, 0.1) is 16.6 Å². The molecular weight excluding hydrogens is 521 g/mol. The number of imidazole rings is 1. The molecule has 1 aliphatic heterocycles. The first-order chi connectivity index (χ1) is 20.0. The Morgan fingerprint density at radius 2 is 1.56 bits per heavy atom. The highest BCUT2D eigenvalue weighted by atomic mass is 19.1. The molecule has 0 unspecified atom stereocenters. The van der Waals surface area contributed by atoms with E-state index in [-0.39, 0.29) is 18.3 Å². The van der Waals surface area contributed by atoms with Crippen molar-refractivity contribution in [3.63, 3.8) is 0 Å². The molecule has 6 rings (SSSR count). The first-order valence-electron chi connectivity index (χ1n) is 13.4. The van der Waals surface area contributed by atoms with Crippen LogP contribution in [0, 0.1) is 5.82 Å². The minimum Gasteiger partial charge on any atom is -0.457 e. The SMILES string of the molecule is NC(=O)Cn1c(-c2ccccc2Oc2ccccc2)nc2cc(C(=O)N3CCN(c4ccc(F)cc4)CC3)ccc21. The molecule has 206 valence electrons. The lowest BCUT2D eigenvalue weighted by atomic mass is 10.1. The fourth-order valence-corrected chi connectivity index (χ4v) is 5.14. The molecule has 41 heavy (non-hydrogen) atoms. The molecule has 0 radical (unpaired) electrons. The van der Waals surface area contributed by atoms with Gasteiger partial charge in [0.25, 0.3) is 5.91 Å². The van der Waals surface area contributed by atoms with Crippen LogP contribution >= 0.6 is 0 Å². The maximum Gasteiger partial charge on any atom is 0.254 e. The van der Waals surface area contributed by atoms with Crippen LogP contribution in [0.1, 0.15) is 10.4 Å². The van der Waals surface area contributed by atoms with E-state index in [1.54, 1.807) is 34.9 Å². The Hall–Kier alpha value is -5.18. The van der Waals surface area contributed by atoms with Gasteiger partial charge in [0.2, 0.25) is 5.91 Å². The maximum absolute atomic E-state index is 13.5. The van der Waals surface area contributed by atoms with Crippen LogP contribution in [0.4, 0.5) is 10.1 Å². The zero-order valence-electron chi connectivity index (χ0n) is 22.2. The van der Waals surface area contributed by atoms with Gasteiger partial charge in [-0.1, -0.05) is 30.3 Å². The molecule has 0 saturated carbocycles. The molecule has 5 aromatic rings. The lowest BCUT2D eigenvalue weighted by Crippen LogP contribution is -2.48. The summed E-state index contributed by atoms with van der Waals surface area (Å²) < 4.78 is 21.2. The van der Waals surface area contributed by atoms with Crippen LogP contribution in [0.5, 0.6) is 11.5 Å².